The van der Waals surface area contributed by atoms with Crippen LogP contribution >= 0.6 is 0 Å². The quantitative estimate of drug-likeness (QED) is 0.664. The van der Waals surface area contributed by atoms with Gasteiger partial charge in [0.05, 0.1) is 23.8 Å². The Hall–Kier alpha value is -2.58. The van der Waals surface area contributed by atoms with Gasteiger partial charge in [-0.2, -0.15) is 13.2 Å². The van der Waals surface area contributed by atoms with Crippen LogP contribution in [0.25, 0.3) is 11.1 Å². The van der Waals surface area contributed by atoms with Crippen LogP contribution in [0.15, 0.2) is 71.5 Å². The summed E-state index contributed by atoms with van der Waals surface area (Å²) in [5.41, 5.74) is 2.10. The van der Waals surface area contributed by atoms with Crippen molar-refractivity contribution in [3.05, 3.63) is 83.8 Å². The van der Waals surface area contributed by atoms with Crippen LogP contribution in [0.5, 0.6) is 0 Å². The van der Waals surface area contributed by atoms with E-state index in [1.54, 1.807) is 24.7 Å². The zero-order valence-corrected chi connectivity index (χ0v) is 14.8. The van der Waals surface area contributed by atoms with Crippen LogP contribution in [-0.2, 0) is 28.5 Å². The van der Waals surface area contributed by atoms with E-state index in [4.69, 9.17) is 4.42 Å². The van der Waals surface area contributed by atoms with Gasteiger partial charge in [0.25, 0.3) is 0 Å². The van der Waals surface area contributed by atoms with Crippen LogP contribution in [0.4, 0.5) is 13.2 Å². The van der Waals surface area contributed by atoms with Gasteiger partial charge in [-0.15, -0.1) is 0 Å². The van der Waals surface area contributed by atoms with E-state index in [-0.39, 0.29) is 12.1 Å². The number of halogens is 3. The molecule has 0 aliphatic heterocycles. The molecule has 8 heteroatoms. The Balaban J connectivity index is 1.60. The van der Waals surface area contributed by atoms with E-state index in [2.05, 4.69) is 4.72 Å². The van der Waals surface area contributed by atoms with Gasteiger partial charge < -0.3 is 4.42 Å². The molecule has 0 atom stereocenters. The second-order valence-electron chi connectivity index (χ2n) is 5.98. The van der Waals surface area contributed by atoms with Crippen molar-refractivity contribution in [2.45, 2.75) is 18.5 Å². The van der Waals surface area contributed by atoms with Gasteiger partial charge in [-0.1, -0.05) is 36.4 Å². The predicted octanol–water partition coefficient (Wildman–Crippen LogP) is 4.59. The van der Waals surface area contributed by atoms with Crippen molar-refractivity contribution in [2.24, 2.45) is 0 Å². The molecule has 0 bridgehead atoms. The van der Waals surface area contributed by atoms with Gasteiger partial charge in [-0.25, -0.2) is 13.1 Å². The summed E-state index contributed by atoms with van der Waals surface area (Å²) in [6.45, 7) is 0.0919. The summed E-state index contributed by atoms with van der Waals surface area (Å²) >= 11 is 0. The lowest BCUT2D eigenvalue weighted by Crippen LogP contribution is -2.24. The lowest BCUT2D eigenvalue weighted by atomic mass is 10.1. The molecular weight excluding hydrogens is 379 g/mol. The lowest BCUT2D eigenvalue weighted by Gasteiger charge is -2.09. The number of rotatable bonds is 6. The molecule has 27 heavy (non-hydrogen) atoms. The number of furan rings is 1. The molecule has 0 aliphatic rings. The minimum absolute atomic E-state index is 0.0919. The highest BCUT2D eigenvalue weighted by Crippen LogP contribution is 2.29. The molecule has 1 heterocycles. The first-order chi connectivity index (χ1) is 12.7. The Morgan fingerprint density at radius 3 is 2.04 bits per heavy atom. The third kappa shape index (κ3) is 5.21. The zero-order valence-electron chi connectivity index (χ0n) is 14.0. The molecule has 0 saturated heterocycles. The molecule has 0 spiro atoms. The summed E-state index contributed by atoms with van der Waals surface area (Å²) in [5, 5.41) is 0. The van der Waals surface area contributed by atoms with Gasteiger partial charge in [0.15, 0.2) is 0 Å². The Morgan fingerprint density at radius 2 is 1.48 bits per heavy atom. The highest BCUT2D eigenvalue weighted by molar-refractivity contribution is 7.88. The summed E-state index contributed by atoms with van der Waals surface area (Å²) in [7, 11) is -3.68. The Kier molecular flexibility index (Phi) is 5.38. The summed E-state index contributed by atoms with van der Waals surface area (Å²) in [6.07, 6.45) is -1.27. The van der Waals surface area contributed by atoms with Crippen molar-refractivity contribution < 1.29 is 26.0 Å². The number of benzene rings is 2. The zero-order chi connectivity index (χ0) is 19.5. The molecule has 0 radical (unpaired) electrons. The minimum Gasteiger partial charge on any atom is -0.472 e. The lowest BCUT2D eigenvalue weighted by molar-refractivity contribution is -0.137. The molecular formula is C19H16F3NO3S. The summed E-state index contributed by atoms with van der Waals surface area (Å²) in [6, 6.07) is 13.2. The molecule has 3 rings (SSSR count). The van der Waals surface area contributed by atoms with E-state index in [0.29, 0.717) is 0 Å². The van der Waals surface area contributed by atoms with Crippen molar-refractivity contribution >= 4 is 10.0 Å². The predicted molar refractivity (Wildman–Crippen MR) is 95.1 cm³/mol. The Labute approximate surface area is 154 Å². The first kappa shape index (κ1) is 19.2. The SMILES string of the molecule is O=S(=O)(Cc1ccc(C(F)(F)F)cc1)NCc1ccc(-c2ccoc2)cc1. The molecule has 0 unspecified atom stereocenters. The average molecular weight is 395 g/mol. The first-order valence-electron chi connectivity index (χ1n) is 7.98. The van der Waals surface area contributed by atoms with E-state index in [9.17, 15) is 21.6 Å². The molecule has 0 saturated carbocycles. The fourth-order valence-electron chi connectivity index (χ4n) is 2.50. The number of nitrogens with one attached hydrogen (secondary N) is 1. The van der Waals surface area contributed by atoms with Gasteiger partial charge in [0.1, 0.15) is 0 Å². The Bertz CT molecular complexity index is 978. The number of alkyl halides is 3. The van der Waals surface area contributed by atoms with Crippen molar-refractivity contribution in [3.8, 4) is 11.1 Å². The van der Waals surface area contributed by atoms with Crippen molar-refractivity contribution in [2.75, 3.05) is 0 Å². The van der Waals surface area contributed by atoms with Crippen LogP contribution < -0.4 is 4.72 Å². The largest absolute Gasteiger partial charge is 0.472 e. The van der Waals surface area contributed by atoms with E-state index in [1.807, 2.05) is 18.2 Å². The monoisotopic (exact) mass is 395 g/mol. The van der Waals surface area contributed by atoms with Gasteiger partial charge in [-0.3, -0.25) is 0 Å². The normalized spacial score (nSPS) is 12.3. The van der Waals surface area contributed by atoms with Crippen LogP contribution in [0.3, 0.4) is 0 Å². The maximum Gasteiger partial charge on any atom is 0.416 e. The van der Waals surface area contributed by atoms with Crippen LogP contribution in [-0.4, -0.2) is 8.42 Å². The molecule has 0 amide bonds. The molecule has 142 valence electrons. The molecule has 0 fully saturated rings. The number of hydrogen-bond donors (Lipinski definition) is 1. The molecule has 0 aliphatic carbocycles. The minimum atomic E-state index is -4.45. The molecule has 4 nitrogen and oxygen atoms in total. The van der Waals surface area contributed by atoms with Crippen LogP contribution in [0, 0.1) is 0 Å². The number of hydrogen-bond acceptors (Lipinski definition) is 3. The Morgan fingerprint density at radius 1 is 0.852 bits per heavy atom. The maximum absolute atomic E-state index is 12.5. The summed E-state index contributed by atoms with van der Waals surface area (Å²) in [5.74, 6) is -0.391. The summed E-state index contributed by atoms with van der Waals surface area (Å²) in [4.78, 5) is 0. The number of sulfonamides is 1. The van der Waals surface area contributed by atoms with Gasteiger partial charge >= 0.3 is 6.18 Å². The fraction of sp³-hybridized carbons (Fsp3) is 0.158. The van der Waals surface area contributed by atoms with E-state index < -0.39 is 27.5 Å². The third-order valence-electron chi connectivity index (χ3n) is 3.94. The highest BCUT2D eigenvalue weighted by Gasteiger charge is 2.30. The molecule has 3 aromatic rings. The van der Waals surface area contributed by atoms with Gasteiger partial charge in [0, 0.05) is 12.1 Å². The first-order valence-corrected chi connectivity index (χ1v) is 9.63. The van der Waals surface area contributed by atoms with Crippen molar-refractivity contribution in [1.82, 2.24) is 4.72 Å². The van der Waals surface area contributed by atoms with E-state index >= 15 is 0 Å². The fourth-order valence-corrected chi connectivity index (χ4v) is 3.62. The second kappa shape index (κ2) is 7.58. The standard InChI is InChI=1S/C19H16F3NO3S/c20-19(21,22)18-7-3-15(4-8-18)13-27(24,25)23-11-14-1-5-16(6-2-14)17-9-10-26-12-17/h1-10,12,23H,11,13H2. The topological polar surface area (TPSA) is 59.3 Å². The smallest absolute Gasteiger partial charge is 0.416 e. The van der Waals surface area contributed by atoms with Crippen LogP contribution in [0.2, 0.25) is 0 Å². The average Bonchev–Trinajstić information content (AvgIpc) is 3.14. The van der Waals surface area contributed by atoms with Crippen LogP contribution in [0.1, 0.15) is 16.7 Å². The van der Waals surface area contributed by atoms with Crippen molar-refractivity contribution in [3.63, 3.8) is 0 Å². The second-order valence-corrected chi connectivity index (χ2v) is 7.79. The molecule has 2 aromatic carbocycles. The highest BCUT2D eigenvalue weighted by atomic mass is 32.2. The maximum atomic E-state index is 12.5. The van der Waals surface area contributed by atoms with E-state index in [1.165, 1.54) is 12.1 Å². The van der Waals surface area contributed by atoms with Gasteiger partial charge in [0.2, 0.25) is 10.0 Å². The third-order valence-corrected chi connectivity index (χ3v) is 5.24. The molecule has 1 aromatic heterocycles. The molecule has 1 N–H and O–H groups in total. The van der Waals surface area contributed by atoms with Gasteiger partial charge in [-0.05, 0) is 34.9 Å². The van der Waals surface area contributed by atoms with Crippen molar-refractivity contribution in [1.29, 1.82) is 0 Å². The van der Waals surface area contributed by atoms with E-state index in [0.717, 1.165) is 28.8 Å². The summed E-state index contributed by atoms with van der Waals surface area (Å²) < 4.78 is 69.4.